The summed E-state index contributed by atoms with van der Waals surface area (Å²) in [6.07, 6.45) is 2.01. The van der Waals surface area contributed by atoms with Gasteiger partial charge in [-0.3, -0.25) is 19.4 Å². The standard InChI is InChI=1S/C17H30N4O2/c1-13-11-21(15-5-8-18(3)17(15)23)12-16(13)20-7-4-6-19(9-10-20)14(2)22/h13,15-16H,4-12H2,1-3H3/t13-,15-,16+/m0/s1. The van der Waals surface area contributed by atoms with Crippen LogP contribution >= 0.6 is 0 Å². The Balaban J connectivity index is 1.60. The molecule has 6 nitrogen and oxygen atoms in total. The number of carbonyl (C=O) groups is 2. The van der Waals surface area contributed by atoms with Crippen LogP contribution in [0.2, 0.25) is 0 Å². The van der Waals surface area contributed by atoms with Crippen molar-refractivity contribution in [2.75, 3.05) is 52.9 Å². The molecule has 0 aliphatic carbocycles. The maximum absolute atomic E-state index is 12.3. The first-order chi connectivity index (χ1) is 11.0. The van der Waals surface area contributed by atoms with E-state index in [1.165, 1.54) is 0 Å². The molecule has 0 aromatic heterocycles. The number of hydrogen-bond donors (Lipinski definition) is 0. The summed E-state index contributed by atoms with van der Waals surface area (Å²) >= 11 is 0. The van der Waals surface area contributed by atoms with Crippen molar-refractivity contribution in [2.24, 2.45) is 5.92 Å². The van der Waals surface area contributed by atoms with E-state index in [2.05, 4.69) is 16.7 Å². The van der Waals surface area contributed by atoms with Crippen molar-refractivity contribution in [1.82, 2.24) is 19.6 Å². The molecule has 0 spiro atoms. The van der Waals surface area contributed by atoms with Gasteiger partial charge < -0.3 is 9.80 Å². The largest absolute Gasteiger partial charge is 0.344 e. The van der Waals surface area contributed by atoms with Gasteiger partial charge in [-0.1, -0.05) is 6.92 Å². The van der Waals surface area contributed by atoms with Crippen LogP contribution in [0.15, 0.2) is 0 Å². The van der Waals surface area contributed by atoms with Crippen LogP contribution in [0.3, 0.4) is 0 Å². The van der Waals surface area contributed by atoms with Crippen LogP contribution in [0.4, 0.5) is 0 Å². The average molecular weight is 322 g/mol. The minimum Gasteiger partial charge on any atom is -0.344 e. The smallest absolute Gasteiger partial charge is 0.239 e. The monoisotopic (exact) mass is 322 g/mol. The topological polar surface area (TPSA) is 47.1 Å². The lowest BCUT2D eigenvalue weighted by Gasteiger charge is -2.30. The quantitative estimate of drug-likeness (QED) is 0.723. The zero-order valence-corrected chi connectivity index (χ0v) is 14.7. The first-order valence-electron chi connectivity index (χ1n) is 8.96. The summed E-state index contributed by atoms with van der Waals surface area (Å²) in [5.41, 5.74) is 0. The van der Waals surface area contributed by atoms with Crippen molar-refractivity contribution in [3.63, 3.8) is 0 Å². The van der Waals surface area contributed by atoms with Gasteiger partial charge in [0.25, 0.3) is 0 Å². The Kier molecular flexibility index (Phi) is 4.92. The number of likely N-dealkylation sites (N-methyl/N-ethyl adjacent to an activating group) is 1. The number of carbonyl (C=O) groups excluding carboxylic acids is 2. The van der Waals surface area contributed by atoms with Gasteiger partial charge in [0.15, 0.2) is 0 Å². The van der Waals surface area contributed by atoms with E-state index in [0.29, 0.717) is 12.0 Å². The molecule has 0 N–H and O–H groups in total. The fraction of sp³-hybridized carbons (Fsp3) is 0.882. The van der Waals surface area contributed by atoms with Gasteiger partial charge in [-0.25, -0.2) is 0 Å². The van der Waals surface area contributed by atoms with E-state index < -0.39 is 0 Å². The second kappa shape index (κ2) is 6.77. The van der Waals surface area contributed by atoms with Crippen LogP contribution in [0.1, 0.15) is 26.7 Å². The van der Waals surface area contributed by atoms with Gasteiger partial charge in [0.05, 0.1) is 6.04 Å². The number of rotatable bonds is 2. The predicted octanol–water partition coefficient (Wildman–Crippen LogP) is 0.0916. The number of nitrogens with zero attached hydrogens (tertiary/aromatic N) is 4. The van der Waals surface area contributed by atoms with Gasteiger partial charge >= 0.3 is 0 Å². The number of likely N-dealkylation sites (tertiary alicyclic amines) is 2. The third-order valence-electron chi connectivity index (χ3n) is 5.89. The summed E-state index contributed by atoms with van der Waals surface area (Å²) in [5, 5.41) is 0. The summed E-state index contributed by atoms with van der Waals surface area (Å²) in [7, 11) is 1.91. The first-order valence-corrected chi connectivity index (χ1v) is 8.96. The molecule has 2 amide bonds. The summed E-state index contributed by atoms with van der Waals surface area (Å²) in [5.74, 6) is 1.06. The fourth-order valence-corrected chi connectivity index (χ4v) is 4.44. The van der Waals surface area contributed by atoms with Gasteiger partial charge in [0, 0.05) is 65.8 Å². The summed E-state index contributed by atoms with van der Waals surface area (Å²) in [6, 6.07) is 0.605. The Morgan fingerprint density at radius 3 is 2.48 bits per heavy atom. The second-order valence-electron chi connectivity index (χ2n) is 7.46. The number of amides is 2. The van der Waals surface area contributed by atoms with Crippen LogP contribution in [-0.2, 0) is 9.59 Å². The van der Waals surface area contributed by atoms with E-state index in [-0.39, 0.29) is 17.9 Å². The summed E-state index contributed by atoms with van der Waals surface area (Å²) in [6.45, 7) is 10.6. The van der Waals surface area contributed by atoms with Gasteiger partial charge in [-0.05, 0) is 18.8 Å². The predicted molar refractivity (Wildman–Crippen MR) is 89.0 cm³/mol. The molecule has 0 saturated carbocycles. The lowest BCUT2D eigenvalue weighted by Crippen LogP contribution is -2.44. The fourth-order valence-electron chi connectivity index (χ4n) is 4.44. The van der Waals surface area contributed by atoms with Crippen LogP contribution in [0.5, 0.6) is 0 Å². The highest BCUT2D eigenvalue weighted by atomic mass is 16.2. The van der Waals surface area contributed by atoms with Crippen LogP contribution in [0.25, 0.3) is 0 Å². The molecule has 3 rings (SSSR count). The van der Waals surface area contributed by atoms with Crippen molar-refractivity contribution in [2.45, 2.75) is 38.8 Å². The highest BCUT2D eigenvalue weighted by molar-refractivity contribution is 5.83. The van der Waals surface area contributed by atoms with Crippen molar-refractivity contribution >= 4 is 11.8 Å². The summed E-state index contributed by atoms with van der Waals surface area (Å²) < 4.78 is 0. The molecule has 3 heterocycles. The van der Waals surface area contributed by atoms with E-state index in [4.69, 9.17) is 0 Å². The van der Waals surface area contributed by atoms with Crippen molar-refractivity contribution in [3.8, 4) is 0 Å². The van der Waals surface area contributed by atoms with E-state index in [0.717, 1.165) is 58.7 Å². The molecule has 130 valence electrons. The molecule has 6 heteroatoms. The van der Waals surface area contributed by atoms with E-state index in [9.17, 15) is 9.59 Å². The zero-order valence-electron chi connectivity index (χ0n) is 14.7. The van der Waals surface area contributed by atoms with E-state index >= 15 is 0 Å². The van der Waals surface area contributed by atoms with Crippen molar-refractivity contribution in [1.29, 1.82) is 0 Å². The molecular formula is C17H30N4O2. The molecular weight excluding hydrogens is 292 g/mol. The SMILES string of the molecule is CC(=O)N1CCCN([C@@H]2CN([C@H]3CCN(C)C3=O)C[C@@H]2C)CC1. The molecule has 0 bridgehead atoms. The molecule has 3 saturated heterocycles. The minimum absolute atomic E-state index is 0.0909. The van der Waals surface area contributed by atoms with E-state index in [1.807, 2.05) is 16.8 Å². The molecule has 23 heavy (non-hydrogen) atoms. The molecule has 0 aromatic rings. The lowest BCUT2D eigenvalue weighted by molar-refractivity contribution is -0.131. The highest BCUT2D eigenvalue weighted by Gasteiger charge is 2.42. The first kappa shape index (κ1) is 16.7. The minimum atomic E-state index is 0.0909. The highest BCUT2D eigenvalue weighted by Crippen LogP contribution is 2.28. The zero-order chi connectivity index (χ0) is 16.6. The van der Waals surface area contributed by atoms with Gasteiger partial charge in [0.2, 0.25) is 11.8 Å². The Labute approximate surface area is 139 Å². The van der Waals surface area contributed by atoms with Crippen molar-refractivity contribution < 1.29 is 9.59 Å². The van der Waals surface area contributed by atoms with Crippen LogP contribution in [-0.4, -0.2) is 96.4 Å². The third-order valence-corrected chi connectivity index (χ3v) is 5.89. The van der Waals surface area contributed by atoms with E-state index in [1.54, 1.807) is 6.92 Å². The average Bonchev–Trinajstić information content (AvgIpc) is 2.93. The van der Waals surface area contributed by atoms with Crippen LogP contribution < -0.4 is 0 Å². The van der Waals surface area contributed by atoms with Crippen LogP contribution in [0, 0.1) is 5.92 Å². The molecule has 3 atom stereocenters. The third kappa shape index (κ3) is 3.38. The molecule has 3 aliphatic rings. The Morgan fingerprint density at radius 1 is 1.04 bits per heavy atom. The second-order valence-corrected chi connectivity index (χ2v) is 7.46. The summed E-state index contributed by atoms with van der Waals surface area (Å²) in [4.78, 5) is 32.7. The Morgan fingerprint density at radius 2 is 1.83 bits per heavy atom. The van der Waals surface area contributed by atoms with Gasteiger partial charge in [-0.2, -0.15) is 0 Å². The Hall–Kier alpha value is -1.14. The maximum atomic E-state index is 12.3. The Bertz CT molecular complexity index is 470. The normalized spacial score (nSPS) is 34.2. The maximum Gasteiger partial charge on any atom is 0.239 e. The molecule has 0 aromatic carbocycles. The molecule has 0 radical (unpaired) electrons. The lowest BCUT2D eigenvalue weighted by atomic mass is 10.0. The molecule has 3 aliphatic heterocycles. The molecule has 0 unspecified atom stereocenters. The van der Waals surface area contributed by atoms with Crippen molar-refractivity contribution in [3.05, 3.63) is 0 Å². The van der Waals surface area contributed by atoms with Gasteiger partial charge in [-0.15, -0.1) is 0 Å². The molecule has 3 fully saturated rings. The number of hydrogen-bond acceptors (Lipinski definition) is 4. The van der Waals surface area contributed by atoms with Gasteiger partial charge in [0.1, 0.15) is 0 Å².